The summed E-state index contributed by atoms with van der Waals surface area (Å²) in [7, 11) is 0. The number of hydrogen-bond donors (Lipinski definition) is 0. The Hall–Kier alpha value is -2.42. The molecule has 1 unspecified atom stereocenters. The fourth-order valence-electron chi connectivity index (χ4n) is 2.83. The minimum Gasteiger partial charge on any atom is -0.465 e. The van der Waals surface area contributed by atoms with Gasteiger partial charge in [0, 0.05) is 18.8 Å². The number of hydrogen-bond acceptors (Lipinski definition) is 6. The summed E-state index contributed by atoms with van der Waals surface area (Å²) in [6.45, 7) is 3.68. The third-order valence-corrected chi connectivity index (χ3v) is 3.85. The summed E-state index contributed by atoms with van der Waals surface area (Å²) in [6.07, 6.45) is 3.40. The summed E-state index contributed by atoms with van der Waals surface area (Å²) in [4.78, 5) is 28.9. The second kappa shape index (κ2) is 6.56. The Kier molecular flexibility index (Phi) is 4.76. The van der Waals surface area contributed by atoms with Crippen molar-refractivity contribution in [1.29, 1.82) is 5.26 Å². The molecule has 1 aliphatic carbocycles. The summed E-state index contributed by atoms with van der Waals surface area (Å²) in [5.74, 6) is -1.84. The normalized spacial score (nSPS) is 18.7. The van der Waals surface area contributed by atoms with Crippen LogP contribution in [0.3, 0.4) is 0 Å². The molecular weight excluding hydrogens is 284 g/mol. The van der Waals surface area contributed by atoms with E-state index in [1.165, 1.54) is 0 Å². The Morgan fingerprint density at radius 2 is 2.00 bits per heavy atom. The van der Waals surface area contributed by atoms with Gasteiger partial charge in [-0.15, -0.1) is 0 Å². The van der Waals surface area contributed by atoms with Crippen LogP contribution in [0.4, 0.5) is 0 Å². The van der Waals surface area contributed by atoms with Gasteiger partial charge >= 0.3 is 11.9 Å². The van der Waals surface area contributed by atoms with Crippen LogP contribution in [0.5, 0.6) is 0 Å². The van der Waals surface area contributed by atoms with Crippen LogP contribution < -0.4 is 0 Å². The zero-order chi connectivity index (χ0) is 16.2. The first kappa shape index (κ1) is 16.0. The standard InChI is InChI=1S/C16H18N2O4/c1-3-21-14(19)16(15(20)22-4-2)7-11(9-17)13-5-6-18-10-12(13)8-16/h5-6,10-11H,3-4,7-8H2,1-2H3. The highest BCUT2D eigenvalue weighted by molar-refractivity contribution is 6.01. The molecule has 6 nitrogen and oxygen atoms in total. The molecule has 0 aromatic carbocycles. The van der Waals surface area contributed by atoms with Crippen molar-refractivity contribution in [2.24, 2.45) is 5.41 Å². The van der Waals surface area contributed by atoms with Crippen molar-refractivity contribution >= 4 is 11.9 Å². The molecule has 0 spiro atoms. The molecule has 1 aromatic heterocycles. The molecule has 0 aliphatic heterocycles. The molecule has 2 rings (SSSR count). The Bertz CT molecular complexity index is 603. The van der Waals surface area contributed by atoms with Crippen LogP contribution in [0.1, 0.15) is 37.3 Å². The number of nitrogens with zero attached hydrogens (tertiary/aromatic N) is 2. The number of pyridine rings is 1. The van der Waals surface area contributed by atoms with E-state index in [1.807, 2.05) is 0 Å². The molecule has 1 aliphatic rings. The lowest BCUT2D eigenvalue weighted by atomic mass is 9.67. The van der Waals surface area contributed by atoms with Gasteiger partial charge in [-0.3, -0.25) is 14.6 Å². The Balaban J connectivity index is 2.49. The van der Waals surface area contributed by atoms with E-state index in [0.717, 1.165) is 5.56 Å². The monoisotopic (exact) mass is 302 g/mol. The number of rotatable bonds is 4. The molecule has 0 amide bonds. The maximum Gasteiger partial charge on any atom is 0.323 e. The Morgan fingerprint density at radius 1 is 1.36 bits per heavy atom. The first-order valence-corrected chi connectivity index (χ1v) is 7.26. The van der Waals surface area contributed by atoms with E-state index >= 15 is 0 Å². The Morgan fingerprint density at radius 3 is 2.55 bits per heavy atom. The summed E-state index contributed by atoms with van der Waals surface area (Å²) in [5, 5.41) is 9.42. The largest absolute Gasteiger partial charge is 0.465 e. The number of aromatic nitrogens is 1. The highest BCUT2D eigenvalue weighted by Crippen LogP contribution is 2.43. The van der Waals surface area contributed by atoms with Gasteiger partial charge in [0.05, 0.1) is 25.2 Å². The van der Waals surface area contributed by atoms with E-state index in [2.05, 4.69) is 11.1 Å². The second-order valence-electron chi connectivity index (χ2n) is 5.16. The van der Waals surface area contributed by atoms with Gasteiger partial charge in [0.25, 0.3) is 0 Å². The molecule has 0 N–H and O–H groups in total. The maximum atomic E-state index is 12.5. The van der Waals surface area contributed by atoms with E-state index in [0.29, 0.717) is 5.56 Å². The van der Waals surface area contributed by atoms with E-state index in [9.17, 15) is 14.9 Å². The lowest BCUT2D eigenvalue weighted by molar-refractivity contribution is -0.173. The van der Waals surface area contributed by atoms with Gasteiger partial charge in [-0.05, 0) is 37.5 Å². The summed E-state index contributed by atoms with van der Waals surface area (Å²) < 4.78 is 10.2. The van der Waals surface area contributed by atoms with Crippen molar-refractivity contribution in [3.8, 4) is 6.07 Å². The van der Waals surface area contributed by atoms with Crippen molar-refractivity contribution < 1.29 is 19.1 Å². The molecule has 6 heteroatoms. The first-order chi connectivity index (χ1) is 10.6. The molecule has 1 atom stereocenters. The van der Waals surface area contributed by atoms with Gasteiger partial charge in [0.15, 0.2) is 5.41 Å². The van der Waals surface area contributed by atoms with E-state index in [-0.39, 0.29) is 26.1 Å². The van der Waals surface area contributed by atoms with Crippen LogP contribution in [0, 0.1) is 16.7 Å². The number of carbonyl (C=O) groups is 2. The van der Waals surface area contributed by atoms with Gasteiger partial charge in [-0.1, -0.05) is 0 Å². The van der Waals surface area contributed by atoms with Gasteiger partial charge in [0.1, 0.15) is 0 Å². The SMILES string of the molecule is CCOC(=O)C1(C(=O)OCC)Cc2cnccc2C(C#N)C1. The minimum absolute atomic E-state index is 0.0676. The average molecular weight is 302 g/mol. The Labute approximate surface area is 129 Å². The van der Waals surface area contributed by atoms with Crippen LogP contribution in [-0.2, 0) is 25.5 Å². The first-order valence-electron chi connectivity index (χ1n) is 7.26. The molecule has 0 saturated carbocycles. The zero-order valence-corrected chi connectivity index (χ0v) is 12.7. The van der Waals surface area contributed by atoms with E-state index in [4.69, 9.17) is 9.47 Å². The number of ether oxygens (including phenoxy) is 2. The molecule has 0 bridgehead atoms. The average Bonchev–Trinajstić information content (AvgIpc) is 2.54. The fraction of sp³-hybridized carbons (Fsp3) is 0.500. The molecule has 0 fully saturated rings. The molecule has 1 aromatic rings. The fourth-order valence-corrected chi connectivity index (χ4v) is 2.83. The van der Waals surface area contributed by atoms with Crippen LogP contribution in [-0.4, -0.2) is 30.1 Å². The molecule has 0 radical (unpaired) electrons. The molecule has 22 heavy (non-hydrogen) atoms. The highest BCUT2D eigenvalue weighted by Gasteiger charge is 2.53. The van der Waals surface area contributed by atoms with Crippen molar-refractivity contribution in [3.63, 3.8) is 0 Å². The van der Waals surface area contributed by atoms with E-state index < -0.39 is 23.3 Å². The minimum atomic E-state index is -1.47. The van der Waals surface area contributed by atoms with Gasteiger partial charge < -0.3 is 9.47 Å². The van der Waals surface area contributed by atoms with Crippen molar-refractivity contribution in [2.45, 2.75) is 32.6 Å². The maximum absolute atomic E-state index is 12.5. The van der Waals surface area contributed by atoms with Crippen molar-refractivity contribution in [3.05, 3.63) is 29.6 Å². The number of nitriles is 1. The van der Waals surface area contributed by atoms with Crippen LogP contribution in [0.2, 0.25) is 0 Å². The van der Waals surface area contributed by atoms with Gasteiger partial charge in [0.2, 0.25) is 0 Å². The third-order valence-electron chi connectivity index (χ3n) is 3.85. The highest BCUT2D eigenvalue weighted by atomic mass is 16.6. The molecule has 0 saturated heterocycles. The second-order valence-corrected chi connectivity index (χ2v) is 5.16. The summed E-state index contributed by atoms with van der Waals surface area (Å²) >= 11 is 0. The van der Waals surface area contributed by atoms with Crippen molar-refractivity contribution in [2.75, 3.05) is 13.2 Å². The smallest absolute Gasteiger partial charge is 0.323 e. The van der Waals surface area contributed by atoms with Crippen LogP contribution in [0.15, 0.2) is 18.5 Å². The summed E-state index contributed by atoms with van der Waals surface area (Å²) in [6, 6.07) is 3.92. The molecule has 1 heterocycles. The van der Waals surface area contributed by atoms with Gasteiger partial charge in [-0.25, -0.2) is 0 Å². The van der Waals surface area contributed by atoms with Crippen LogP contribution >= 0.6 is 0 Å². The summed E-state index contributed by atoms with van der Waals surface area (Å²) in [5.41, 5.74) is 0.0470. The number of fused-ring (bicyclic) bond motifs is 1. The predicted octanol–water partition coefficient (Wildman–Crippen LogP) is 1.75. The number of esters is 2. The molecule has 116 valence electrons. The predicted molar refractivity (Wildman–Crippen MR) is 76.6 cm³/mol. The lowest BCUT2D eigenvalue weighted by Crippen LogP contribution is -2.47. The third kappa shape index (κ3) is 2.67. The van der Waals surface area contributed by atoms with Crippen molar-refractivity contribution in [1.82, 2.24) is 4.98 Å². The quantitative estimate of drug-likeness (QED) is 0.622. The van der Waals surface area contributed by atoms with E-state index in [1.54, 1.807) is 32.3 Å². The number of carbonyl (C=O) groups excluding carboxylic acids is 2. The lowest BCUT2D eigenvalue weighted by Gasteiger charge is -2.35. The van der Waals surface area contributed by atoms with Gasteiger partial charge in [-0.2, -0.15) is 5.26 Å². The topological polar surface area (TPSA) is 89.3 Å². The molecular formula is C16H18N2O4. The van der Waals surface area contributed by atoms with Crippen LogP contribution in [0.25, 0.3) is 0 Å². The zero-order valence-electron chi connectivity index (χ0n) is 12.7.